The molecule has 6 heteroatoms. The molecule has 0 radical (unpaired) electrons. The van der Waals surface area contributed by atoms with Crippen LogP contribution < -0.4 is 4.72 Å². The van der Waals surface area contributed by atoms with Gasteiger partial charge in [0.1, 0.15) is 10.0 Å². The molecule has 1 aromatic carbocycles. The fourth-order valence-corrected chi connectivity index (χ4v) is 3.55. The molecular weight excluding hydrogens is 308 g/mol. The van der Waals surface area contributed by atoms with Gasteiger partial charge in [-0.3, -0.25) is 4.72 Å². The van der Waals surface area contributed by atoms with Gasteiger partial charge < -0.3 is 0 Å². The van der Waals surface area contributed by atoms with Crippen LogP contribution in [0.25, 0.3) is 0 Å². The number of halogens is 1. The molecule has 2 rings (SSSR count). The minimum atomic E-state index is -3.75. The zero-order valence-corrected chi connectivity index (χ0v) is 13.4. The van der Waals surface area contributed by atoms with Gasteiger partial charge in [-0.1, -0.05) is 43.6 Å². The van der Waals surface area contributed by atoms with Crippen molar-refractivity contribution in [2.24, 2.45) is 0 Å². The van der Waals surface area contributed by atoms with E-state index in [1.165, 1.54) is 12.3 Å². The monoisotopic (exact) mass is 324 g/mol. The standard InChI is InChI=1S/C15H17ClN2O2S/c1-3-11(2)12-7-4-5-8-13(12)18-21(19,20)14-9-6-10-17-15(14)16/h4-11,18H,3H2,1-2H3. The number of para-hydroxylation sites is 1. The molecule has 4 nitrogen and oxygen atoms in total. The second-order valence-electron chi connectivity index (χ2n) is 4.79. The van der Waals surface area contributed by atoms with Gasteiger partial charge in [-0.05, 0) is 36.1 Å². The van der Waals surface area contributed by atoms with Gasteiger partial charge >= 0.3 is 0 Å². The van der Waals surface area contributed by atoms with E-state index < -0.39 is 10.0 Å². The summed E-state index contributed by atoms with van der Waals surface area (Å²) < 4.78 is 27.5. The molecule has 0 bridgehead atoms. The van der Waals surface area contributed by atoms with Gasteiger partial charge in [-0.15, -0.1) is 0 Å². The third kappa shape index (κ3) is 3.54. The van der Waals surface area contributed by atoms with Crippen LogP contribution in [0.1, 0.15) is 31.7 Å². The average molecular weight is 325 g/mol. The van der Waals surface area contributed by atoms with E-state index in [4.69, 9.17) is 11.6 Å². The van der Waals surface area contributed by atoms with Gasteiger partial charge in [0.15, 0.2) is 0 Å². The van der Waals surface area contributed by atoms with Crippen LogP contribution in [0.2, 0.25) is 5.15 Å². The second kappa shape index (κ2) is 6.45. The molecule has 1 aromatic heterocycles. The summed E-state index contributed by atoms with van der Waals surface area (Å²) in [5, 5.41) is -0.0361. The van der Waals surface area contributed by atoms with Gasteiger partial charge in [-0.2, -0.15) is 0 Å². The van der Waals surface area contributed by atoms with Crippen molar-refractivity contribution < 1.29 is 8.42 Å². The molecule has 0 saturated carbocycles. The lowest BCUT2D eigenvalue weighted by Crippen LogP contribution is -2.15. The summed E-state index contributed by atoms with van der Waals surface area (Å²) in [6, 6.07) is 10.4. The number of benzene rings is 1. The molecule has 1 unspecified atom stereocenters. The molecule has 0 aliphatic heterocycles. The van der Waals surface area contributed by atoms with Crippen LogP contribution in [0.15, 0.2) is 47.5 Å². The first-order chi connectivity index (χ1) is 9.95. The highest BCUT2D eigenvalue weighted by Crippen LogP contribution is 2.29. The van der Waals surface area contributed by atoms with Gasteiger partial charge in [0.05, 0.1) is 5.69 Å². The van der Waals surface area contributed by atoms with Crippen molar-refractivity contribution in [3.63, 3.8) is 0 Å². The molecular formula is C15H17ClN2O2S. The van der Waals surface area contributed by atoms with Gasteiger partial charge in [0.25, 0.3) is 10.0 Å². The maximum atomic E-state index is 12.5. The number of nitrogens with one attached hydrogen (secondary N) is 1. The van der Waals surface area contributed by atoms with Gasteiger partial charge in [-0.25, -0.2) is 13.4 Å². The molecule has 1 heterocycles. The first-order valence-corrected chi connectivity index (χ1v) is 8.54. The van der Waals surface area contributed by atoms with E-state index >= 15 is 0 Å². The Bertz CT molecular complexity index is 732. The summed E-state index contributed by atoms with van der Waals surface area (Å²) in [6.07, 6.45) is 2.38. The van der Waals surface area contributed by atoms with Crippen LogP contribution in [0.4, 0.5) is 5.69 Å². The highest BCUT2D eigenvalue weighted by atomic mass is 35.5. The third-order valence-corrected chi connectivity index (χ3v) is 5.17. The normalized spacial score (nSPS) is 12.9. The summed E-state index contributed by atoms with van der Waals surface area (Å²) in [5.41, 5.74) is 1.54. The lowest BCUT2D eigenvalue weighted by atomic mass is 9.97. The Morgan fingerprint density at radius 3 is 2.62 bits per heavy atom. The molecule has 112 valence electrons. The highest BCUT2D eigenvalue weighted by Gasteiger charge is 2.20. The van der Waals surface area contributed by atoms with Crippen molar-refractivity contribution in [3.05, 3.63) is 53.3 Å². The highest BCUT2D eigenvalue weighted by molar-refractivity contribution is 7.92. The molecule has 1 atom stereocenters. The zero-order chi connectivity index (χ0) is 15.5. The Labute approximate surface area is 130 Å². The first-order valence-electron chi connectivity index (χ1n) is 6.68. The Balaban J connectivity index is 2.41. The summed E-state index contributed by atoms with van der Waals surface area (Å²) in [5.74, 6) is 0.258. The number of pyridine rings is 1. The number of rotatable bonds is 5. The molecule has 0 spiro atoms. The number of hydrogen-bond donors (Lipinski definition) is 1. The van der Waals surface area contributed by atoms with Gasteiger partial charge in [0.2, 0.25) is 0 Å². The minimum Gasteiger partial charge on any atom is -0.279 e. The predicted molar refractivity (Wildman–Crippen MR) is 85.2 cm³/mol. The fraction of sp³-hybridized carbons (Fsp3) is 0.267. The number of sulfonamides is 1. The summed E-state index contributed by atoms with van der Waals surface area (Å²) in [7, 11) is -3.75. The average Bonchev–Trinajstić information content (AvgIpc) is 2.47. The third-order valence-electron chi connectivity index (χ3n) is 3.36. The molecule has 0 amide bonds. The maximum absolute atomic E-state index is 12.5. The zero-order valence-electron chi connectivity index (χ0n) is 11.9. The van der Waals surface area contributed by atoms with Crippen LogP contribution in [0.3, 0.4) is 0 Å². The summed E-state index contributed by atoms with van der Waals surface area (Å²) in [6.45, 7) is 4.12. The smallest absolute Gasteiger partial charge is 0.264 e. The van der Waals surface area contributed by atoms with E-state index in [-0.39, 0.29) is 16.0 Å². The van der Waals surface area contributed by atoms with Gasteiger partial charge in [0, 0.05) is 6.20 Å². The van der Waals surface area contributed by atoms with Crippen LogP contribution >= 0.6 is 11.6 Å². The van der Waals surface area contributed by atoms with Crippen molar-refractivity contribution in [2.75, 3.05) is 4.72 Å². The Kier molecular flexibility index (Phi) is 4.85. The van der Waals surface area contributed by atoms with Crippen molar-refractivity contribution in [2.45, 2.75) is 31.1 Å². The van der Waals surface area contributed by atoms with Crippen molar-refractivity contribution >= 4 is 27.3 Å². The maximum Gasteiger partial charge on any atom is 0.264 e. The number of anilines is 1. The first kappa shape index (κ1) is 15.8. The summed E-state index contributed by atoms with van der Waals surface area (Å²) in [4.78, 5) is 3.78. The molecule has 1 N–H and O–H groups in total. The number of hydrogen-bond acceptors (Lipinski definition) is 3. The molecule has 0 fully saturated rings. The van der Waals surface area contributed by atoms with Crippen LogP contribution in [-0.2, 0) is 10.0 Å². The minimum absolute atomic E-state index is 0.0226. The lowest BCUT2D eigenvalue weighted by molar-refractivity contribution is 0.600. The molecule has 2 aromatic rings. The predicted octanol–water partition coefficient (Wildman–Crippen LogP) is 4.05. The molecule has 21 heavy (non-hydrogen) atoms. The largest absolute Gasteiger partial charge is 0.279 e. The topological polar surface area (TPSA) is 59.1 Å². The number of aromatic nitrogens is 1. The van der Waals surface area contributed by atoms with E-state index in [0.717, 1.165) is 12.0 Å². The number of nitrogens with zero attached hydrogens (tertiary/aromatic N) is 1. The Morgan fingerprint density at radius 1 is 1.24 bits per heavy atom. The lowest BCUT2D eigenvalue weighted by Gasteiger charge is -2.16. The molecule has 0 aliphatic carbocycles. The van der Waals surface area contributed by atoms with E-state index in [1.807, 2.05) is 12.1 Å². The van der Waals surface area contributed by atoms with E-state index in [1.54, 1.807) is 18.2 Å². The molecule has 0 saturated heterocycles. The Morgan fingerprint density at radius 2 is 1.95 bits per heavy atom. The van der Waals surface area contributed by atoms with E-state index in [9.17, 15) is 8.42 Å². The Hall–Kier alpha value is -1.59. The van der Waals surface area contributed by atoms with Crippen molar-refractivity contribution in [1.29, 1.82) is 0 Å². The molecule has 0 aliphatic rings. The van der Waals surface area contributed by atoms with E-state index in [0.29, 0.717) is 5.69 Å². The summed E-state index contributed by atoms with van der Waals surface area (Å²) >= 11 is 5.87. The van der Waals surface area contributed by atoms with Crippen LogP contribution in [0.5, 0.6) is 0 Å². The fourth-order valence-electron chi connectivity index (χ4n) is 2.01. The SMILES string of the molecule is CCC(C)c1ccccc1NS(=O)(=O)c1cccnc1Cl. The van der Waals surface area contributed by atoms with E-state index in [2.05, 4.69) is 23.6 Å². The second-order valence-corrected chi connectivity index (χ2v) is 6.80. The van der Waals surface area contributed by atoms with Crippen molar-refractivity contribution in [1.82, 2.24) is 4.98 Å². The van der Waals surface area contributed by atoms with Crippen LogP contribution in [-0.4, -0.2) is 13.4 Å². The van der Waals surface area contributed by atoms with Crippen LogP contribution in [0, 0.1) is 0 Å². The quantitative estimate of drug-likeness (QED) is 0.844. The van der Waals surface area contributed by atoms with Crippen molar-refractivity contribution in [3.8, 4) is 0 Å².